The summed E-state index contributed by atoms with van der Waals surface area (Å²) >= 11 is 0. The summed E-state index contributed by atoms with van der Waals surface area (Å²) in [5.41, 5.74) is 1.89. The van der Waals surface area contributed by atoms with E-state index in [0.717, 1.165) is 0 Å². The zero-order valence-corrected chi connectivity index (χ0v) is 13.5. The van der Waals surface area contributed by atoms with Crippen LogP contribution in [-0.4, -0.2) is 15.7 Å². The average molecular weight is 349 g/mol. The van der Waals surface area contributed by atoms with Crippen molar-refractivity contribution in [1.29, 1.82) is 0 Å². The van der Waals surface area contributed by atoms with E-state index in [2.05, 4.69) is 10.4 Å². The van der Waals surface area contributed by atoms with Gasteiger partial charge in [0.05, 0.1) is 11.2 Å². The van der Waals surface area contributed by atoms with E-state index in [1.807, 2.05) is 12.1 Å². The number of hydrogen-bond donors (Lipinski definition) is 1. The van der Waals surface area contributed by atoms with E-state index < -0.39 is 11.7 Å². The molecular weight excluding hydrogens is 336 g/mol. The van der Waals surface area contributed by atoms with Gasteiger partial charge in [-0.15, -0.1) is 0 Å². The first kappa shape index (κ1) is 16.0. The Labute approximate surface area is 147 Å². The number of nitrogens with zero attached hydrogens (tertiary/aromatic N) is 2. The van der Waals surface area contributed by atoms with Gasteiger partial charge in [0.2, 0.25) is 0 Å². The van der Waals surface area contributed by atoms with Crippen molar-refractivity contribution in [2.24, 2.45) is 0 Å². The fraction of sp³-hybridized carbons (Fsp3) is 0. The monoisotopic (exact) mass is 349 g/mol. The third-order valence-corrected chi connectivity index (χ3v) is 3.96. The molecule has 0 bridgehead atoms. The van der Waals surface area contributed by atoms with E-state index in [0.29, 0.717) is 22.3 Å². The predicted molar refractivity (Wildman–Crippen MR) is 95.4 cm³/mol. The third kappa shape index (κ3) is 2.93. The fourth-order valence-electron chi connectivity index (χ4n) is 2.77. The quantitative estimate of drug-likeness (QED) is 0.589. The molecule has 0 aliphatic heterocycles. The fourth-order valence-corrected chi connectivity index (χ4v) is 2.77. The maximum Gasteiger partial charge on any atom is 0.276 e. The lowest BCUT2D eigenvalue weighted by Crippen LogP contribution is -2.13. The highest BCUT2D eigenvalue weighted by molar-refractivity contribution is 6.11. The second-order valence-corrected chi connectivity index (χ2v) is 5.72. The molecule has 0 saturated carbocycles. The van der Waals surface area contributed by atoms with Crippen LogP contribution in [0, 0.1) is 11.6 Å². The van der Waals surface area contributed by atoms with Crippen LogP contribution in [0.3, 0.4) is 0 Å². The largest absolute Gasteiger partial charge is 0.320 e. The molecule has 1 aromatic heterocycles. The summed E-state index contributed by atoms with van der Waals surface area (Å²) in [4.78, 5) is 12.7. The van der Waals surface area contributed by atoms with Crippen LogP contribution >= 0.6 is 0 Å². The Hall–Kier alpha value is -3.54. The normalized spacial score (nSPS) is 10.8. The lowest BCUT2D eigenvalue weighted by atomic mass is 10.2. The van der Waals surface area contributed by atoms with Crippen LogP contribution in [0.15, 0.2) is 72.8 Å². The van der Waals surface area contributed by atoms with Gasteiger partial charge in [-0.05, 0) is 48.5 Å². The Balaban J connectivity index is 1.78. The van der Waals surface area contributed by atoms with Crippen molar-refractivity contribution in [3.63, 3.8) is 0 Å². The molecule has 128 valence electrons. The molecule has 0 aliphatic carbocycles. The number of rotatable bonds is 3. The molecule has 0 unspecified atom stereocenters. The van der Waals surface area contributed by atoms with E-state index in [4.69, 9.17) is 0 Å². The molecule has 1 heterocycles. The van der Waals surface area contributed by atoms with Gasteiger partial charge in [-0.25, -0.2) is 13.5 Å². The molecule has 0 spiro atoms. The Morgan fingerprint density at radius 3 is 2.42 bits per heavy atom. The lowest BCUT2D eigenvalue weighted by Gasteiger charge is -2.04. The zero-order valence-electron chi connectivity index (χ0n) is 13.5. The molecule has 26 heavy (non-hydrogen) atoms. The molecule has 1 amide bonds. The van der Waals surface area contributed by atoms with Gasteiger partial charge >= 0.3 is 0 Å². The first-order chi connectivity index (χ1) is 12.6. The summed E-state index contributed by atoms with van der Waals surface area (Å²) < 4.78 is 28.1. The number of halogens is 2. The number of nitrogens with one attached hydrogen (secondary N) is 1. The summed E-state index contributed by atoms with van der Waals surface area (Å²) in [5, 5.41) is 7.69. The minimum atomic E-state index is -0.451. The van der Waals surface area contributed by atoms with Crippen LogP contribution in [0.1, 0.15) is 10.5 Å². The Morgan fingerprint density at radius 1 is 0.885 bits per heavy atom. The van der Waals surface area contributed by atoms with Crippen molar-refractivity contribution in [1.82, 2.24) is 9.78 Å². The predicted octanol–water partition coefficient (Wildman–Crippen LogP) is 4.56. The first-order valence-corrected chi connectivity index (χ1v) is 7.92. The molecular formula is C20H13F2N3O. The third-order valence-electron chi connectivity index (χ3n) is 3.96. The van der Waals surface area contributed by atoms with Gasteiger partial charge in [0, 0.05) is 11.1 Å². The van der Waals surface area contributed by atoms with Crippen molar-refractivity contribution >= 4 is 22.5 Å². The highest BCUT2D eigenvalue weighted by Gasteiger charge is 2.18. The van der Waals surface area contributed by atoms with Crippen LogP contribution < -0.4 is 5.32 Å². The number of benzene rings is 3. The highest BCUT2D eigenvalue weighted by atomic mass is 19.1. The van der Waals surface area contributed by atoms with E-state index >= 15 is 0 Å². The SMILES string of the molecule is O=C(Nc1cccc(F)c1)c1nn(-c2ccc(F)cc2)c2ccccc12. The number of aromatic nitrogens is 2. The van der Waals surface area contributed by atoms with Crippen LogP contribution in [0.5, 0.6) is 0 Å². The van der Waals surface area contributed by atoms with Gasteiger partial charge in [-0.1, -0.05) is 24.3 Å². The number of amides is 1. The maximum atomic E-state index is 13.3. The van der Waals surface area contributed by atoms with Crippen LogP contribution in [0.2, 0.25) is 0 Å². The Morgan fingerprint density at radius 2 is 1.65 bits per heavy atom. The summed E-state index contributed by atoms with van der Waals surface area (Å²) in [6.07, 6.45) is 0. The van der Waals surface area contributed by atoms with Gasteiger partial charge in [-0.3, -0.25) is 4.79 Å². The minimum absolute atomic E-state index is 0.203. The van der Waals surface area contributed by atoms with Crippen molar-refractivity contribution in [3.05, 3.63) is 90.1 Å². The molecule has 0 fully saturated rings. The molecule has 3 aromatic carbocycles. The van der Waals surface area contributed by atoms with Gasteiger partial charge < -0.3 is 5.32 Å². The number of carbonyl (C=O) groups is 1. The number of para-hydroxylation sites is 1. The molecule has 4 rings (SSSR count). The van der Waals surface area contributed by atoms with E-state index in [9.17, 15) is 13.6 Å². The van der Waals surface area contributed by atoms with Gasteiger partial charge in [0.25, 0.3) is 5.91 Å². The minimum Gasteiger partial charge on any atom is -0.320 e. The Kier molecular flexibility index (Phi) is 3.93. The van der Waals surface area contributed by atoms with Gasteiger partial charge in [-0.2, -0.15) is 5.10 Å². The van der Waals surface area contributed by atoms with E-state index in [1.165, 1.54) is 30.3 Å². The first-order valence-electron chi connectivity index (χ1n) is 7.92. The van der Waals surface area contributed by atoms with E-state index in [1.54, 1.807) is 35.0 Å². The number of anilines is 1. The second-order valence-electron chi connectivity index (χ2n) is 5.72. The molecule has 0 saturated heterocycles. The molecule has 4 nitrogen and oxygen atoms in total. The van der Waals surface area contributed by atoms with Crippen LogP contribution in [0.4, 0.5) is 14.5 Å². The van der Waals surface area contributed by atoms with Crippen molar-refractivity contribution < 1.29 is 13.6 Å². The summed E-state index contributed by atoms with van der Waals surface area (Å²) in [6, 6.07) is 18.7. The Bertz CT molecular complexity index is 1100. The maximum absolute atomic E-state index is 13.3. The summed E-state index contributed by atoms with van der Waals surface area (Å²) in [7, 11) is 0. The van der Waals surface area contributed by atoms with Crippen molar-refractivity contribution in [3.8, 4) is 5.69 Å². The number of fused-ring (bicyclic) bond motifs is 1. The molecule has 0 radical (unpaired) electrons. The molecule has 0 aliphatic rings. The smallest absolute Gasteiger partial charge is 0.276 e. The van der Waals surface area contributed by atoms with Crippen LogP contribution in [-0.2, 0) is 0 Å². The molecule has 1 N–H and O–H groups in total. The zero-order chi connectivity index (χ0) is 18.1. The van der Waals surface area contributed by atoms with Crippen molar-refractivity contribution in [2.75, 3.05) is 5.32 Å². The highest BCUT2D eigenvalue weighted by Crippen LogP contribution is 2.23. The standard InChI is InChI=1S/C20H13F2N3O/c21-13-8-10-16(11-9-13)25-18-7-2-1-6-17(18)19(24-25)20(26)23-15-5-3-4-14(22)12-15/h1-12H,(H,23,26). The molecule has 4 aromatic rings. The average Bonchev–Trinajstić information content (AvgIpc) is 3.02. The molecule has 0 atom stereocenters. The number of carbonyl (C=O) groups excluding carboxylic acids is 1. The topological polar surface area (TPSA) is 46.9 Å². The second kappa shape index (κ2) is 6.40. The van der Waals surface area contributed by atoms with Crippen molar-refractivity contribution in [2.45, 2.75) is 0 Å². The lowest BCUT2D eigenvalue weighted by molar-refractivity contribution is 0.102. The van der Waals surface area contributed by atoms with Gasteiger partial charge in [0.1, 0.15) is 11.6 Å². The molecule has 6 heteroatoms. The number of hydrogen-bond acceptors (Lipinski definition) is 2. The van der Waals surface area contributed by atoms with Crippen LogP contribution in [0.25, 0.3) is 16.6 Å². The van der Waals surface area contributed by atoms with E-state index in [-0.39, 0.29) is 11.5 Å². The summed E-state index contributed by atoms with van der Waals surface area (Å²) in [6.45, 7) is 0. The van der Waals surface area contributed by atoms with Gasteiger partial charge in [0.15, 0.2) is 5.69 Å². The summed E-state index contributed by atoms with van der Waals surface area (Å²) in [5.74, 6) is -1.24.